The van der Waals surface area contributed by atoms with Gasteiger partial charge in [-0.25, -0.2) is 9.13 Å². The number of phosphoric ester groups is 2. The first-order chi connectivity index (χ1) is 50.9. The van der Waals surface area contributed by atoms with Crippen molar-refractivity contribution >= 4 is 39.5 Å². The molecule has 3 N–H and O–H groups in total. The van der Waals surface area contributed by atoms with Gasteiger partial charge < -0.3 is 33.8 Å². The summed E-state index contributed by atoms with van der Waals surface area (Å²) in [5, 5.41) is 10.7. The number of carbonyl (C=O) groups excluding carboxylic acids is 4. The SMILES string of the molecule is CCCCCCCCCCCCCCCCCCCCCCCC(=O)O[C@H](COC(=O)CCCCCCCCCCCCCCCCC(C)CC)COP(=O)(O)OC[C@@H](O)COP(=O)(O)OC[C@@H](COC(=O)CCCCCCCCCCCC(C)C)OC(=O)CCCCCCCCCCCCCCCC. The van der Waals surface area contributed by atoms with Gasteiger partial charge in [-0.3, -0.25) is 37.3 Å². The summed E-state index contributed by atoms with van der Waals surface area (Å²) in [6.45, 7) is 9.71. The van der Waals surface area contributed by atoms with E-state index in [2.05, 4.69) is 41.5 Å². The Hall–Kier alpha value is -1.94. The number of unbranched alkanes of at least 4 members (excludes halogenated alkanes) is 54. The predicted molar refractivity (Wildman–Crippen MR) is 432 cm³/mol. The minimum atomic E-state index is -4.97. The summed E-state index contributed by atoms with van der Waals surface area (Å²) >= 11 is 0. The third kappa shape index (κ3) is 78.5. The third-order valence-electron chi connectivity index (χ3n) is 20.6. The van der Waals surface area contributed by atoms with E-state index in [1.54, 1.807) is 0 Å². The smallest absolute Gasteiger partial charge is 0.462 e. The Labute approximate surface area is 645 Å². The second-order valence-corrected chi connectivity index (χ2v) is 34.6. The number of rotatable bonds is 85. The maximum Gasteiger partial charge on any atom is 0.472 e. The molecule has 0 amide bonds. The molecule has 0 saturated carbocycles. The Bertz CT molecular complexity index is 2010. The number of carbonyl (C=O) groups is 4. The standard InChI is InChI=1S/C86H168O17P2/c1-7-10-12-14-16-18-20-22-24-25-26-27-28-29-30-36-40-46-53-59-65-71-86(91)102-81(74-96-83(88)68-62-56-50-44-38-35-32-31-33-37-43-49-55-61-67-79(6)9-3)76-100-104(92,93)98-72-80(87)73-99-105(94,95)101-77-82(75-97-84(89)69-63-57-51-47-41-42-48-54-60-66-78(4)5)103-85(90)70-64-58-52-45-39-34-23-21-19-17-15-13-11-8-2/h78-82,87H,7-77H2,1-6H3,(H,92,93)(H,94,95)/t79?,80-,81-,82-/m1/s1. The lowest BCUT2D eigenvalue weighted by atomic mass is 9.99. The highest BCUT2D eigenvalue weighted by Gasteiger charge is 2.30. The fourth-order valence-corrected chi connectivity index (χ4v) is 15.0. The molecule has 0 spiro atoms. The molecule has 0 aromatic carbocycles. The molecule has 0 aromatic heterocycles. The molecule has 0 saturated heterocycles. The average Bonchev–Trinajstić information content (AvgIpc) is 0.912. The van der Waals surface area contributed by atoms with Crippen LogP contribution in [0.3, 0.4) is 0 Å². The van der Waals surface area contributed by atoms with E-state index in [0.717, 1.165) is 102 Å². The molecule has 0 aliphatic rings. The Balaban J connectivity index is 5.25. The monoisotopic (exact) mass is 1540 g/mol. The highest BCUT2D eigenvalue weighted by Crippen LogP contribution is 2.45. The van der Waals surface area contributed by atoms with Crippen LogP contribution in [0, 0.1) is 11.8 Å². The van der Waals surface area contributed by atoms with Crippen LogP contribution in [-0.2, 0) is 65.4 Å². The molecule has 0 rings (SSSR count). The van der Waals surface area contributed by atoms with Crippen LogP contribution >= 0.6 is 15.6 Å². The van der Waals surface area contributed by atoms with Crippen LogP contribution in [0.15, 0.2) is 0 Å². The van der Waals surface area contributed by atoms with E-state index < -0.39 is 97.5 Å². The maximum atomic E-state index is 13.2. The highest BCUT2D eigenvalue weighted by atomic mass is 31.2. The lowest BCUT2D eigenvalue weighted by molar-refractivity contribution is -0.161. The fourth-order valence-electron chi connectivity index (χ4n) is 13.4. The average molecular weight is 1540 g/mol. The molecule has 624 valence electrons. The van der Waals surface area contributed by atoms with Crippen LogP contribution in [0.25, 0.3) is 0 Å². The van der Waals surface area contributed by atoms with Gasteiger partial charge in [-0.05, 0) is 37.5 Å². The molecule has 0 aliphatic heterocycles. The number of aliphatic hydroxyl groups excluding tert-OH is 1. The first-order valence-corrected chi connectivity index (χ1v) is 47.5. The Morgan fingerprint density at radius 1 is 0.276 bits per heavy atom. The van der Waals surface area contributed by atoms with Gasteiger partial charge >= 0.3 is 39.5 Å². The maximum absolute atomic E-state index is 13.2. The molecule has 3 unspecified atom stereocenters. The molecular weight excluding hydrogens is 1370 g/mol. The van der Waals surface area contributed by atoms with Gasteiger partial charge in [0.15, 0.2) is 12.2 Å². The van der Waals surface area contributed by atoms with Crippen molar-refractivity contribution in [3.05, 3.63) is 0 Å². The second kappa shape index (κ2) is 77.4. The zero-order valence-electron chi connectivity index (χ0n) is 69.0. The zero-order valence-corrected chi connectivity index (χ0v) is 70.8. The van der Waals surface area contributed by atoms with E-state index in [9.17, 15) is 43.2 Å². The van der Waals surface area contributed by atoms with Crippen LogP contribution in [0.1, 0.15) is 459 Å². The van der Waals surface area contributed by atoms with Gasteiger partial charge in [0, 0.05) is 25.7 Å². The number of ether oxygens (including phenoxy) is 4. The topological polar surface area (TPSA) is 237 Å². The van der Waals surface area contributed by atoms with Gasteiger partial charge in [-0.2, -0.15) is 0 Å². The summed E-state index contributed by atoms with van der Waals surface area (Å²) in [6, 6.07) is 0. The van der Waals surface area contributed by atoms with Crippen molar-refractivity contribution in [3.8, 4) is 0 Å². The largest absolute Gasteiger partial charge is 0.472 e. The van der Waals surface area contributed by atoms with Crippen molar-refractivity contribution < 1.29 is 80.2 Å². The van der Waals surface area contributed by atoms with E-state index in [0.29, 0.717) is 25.7 Å². The Morgan fingerprint density at radius 2 is 0.486 bits per heavy atom. The Morgan fingerprint density at radius 3 is 0.724 bits per heavy atom. The minimum absolute atomic E-state index is 0.108. The van der Waals surface area contributed by atoms with Crippen molar-refractivity contribution in [2.45, 2.75) is 477 Å². The van der Waals surface area contributed by atoms with Gasteiger partial charge in [-0.1, -0.05) is 408 Å². The quantitative estimate of drug-likeness (QED) is 0.0222. The van der Waals surface area contributed by atoms with Crippen LogP contribution in [-0.4, -0.2) is 96.7 Å². The molecule has 0 radical (unpaired) electrons. The summed E-state index contributed by atoms with van der Waals surface area (Å²) < 4.78 is 68.9. The molecule has 0 bridgehead atoms. The summed E-state index contributed by atoms with van der Waals surface area (Å²) in [6.07, 6.45) is 69.4. The molecule has 0 aliphatic carbocycles. The molecule has 105 heavy (non-hydrogen) atoms. The molecule has 0 heterocycles. The van der Waals surface area contributed by atoms with E-state index in [4.69, 9.17) is 37.0 Å². The van der Waals surface area contributed by atoms with Gasteiger partial charge in [0.05, 0.1) is 26.4 Å². The molecular formula is C86H168O17P2. The molecule has 6 atom stereocenters. The summed E-state index contributed by atoms with van der Waals surface area (Å²) in [5.74, 6) is -0.507. The Kier molecular flexibility index (Phi) is 76.0. The highest BCUT2D eigenvalue weighted by molar-refractivity contribution is 7.47. The molecule has 19 heteroatoms. The van der Waals surface area contributed by atoms with Gasteiger partial charge in [0.25, 0.3) is 0 Å². The number of hydrogen-bond acceptors (Lipinski definition) is 15. The van der Waals surface area contributed by atoms with Crippen LogP contribution in [0.5, 0.6) is 0 Å². The van der Waals surface area contributed by atoms with E-state index in [1.165, 1.54) is 276 Å². The first kappa shape index (κ1) is 103. The fraction of sp³-hybridized carbons (Fsp3) is 0.953. The summed E-state index contributed by atoms with van der Waals surface area (Å²) in [7, 11) is -9.93. The third-order valence-corrected chi connectivity index (χ3v) is 22.5. The molecule has 17 nitrogen and oxygen atoms in total. The van der Waals surface area contributed by atoms with Gasteiger partial charge in [-0.15, -0.1) is 0 Å². The van der Waals surface area contributed by atoms with Crippen molar-refractivity contribution in [2.75, 3.05) is 39.6 Å². The predicted octanol–water partition coefficient (Wildman–Crippen LogP) is 26.2. The lowest BCUT2D eigenvalue weighted by Crippen LogP contribution is -2.30. The number of phosphoric acid groups is 2. The minimum Gasteiger partial charge on any atom is -0.462 e. The van der Waals surface area contributed by atoms with Crippen molar-refractivity contribution in [2.24, 2.45) is 11.8 Å². The van der Waals surface area contributed by atoms with Crippen LogP contribution < -0.4 is 0 Å². The van der Waals surface area contributed by atoms with E-state index in [1.807, 2.05) is 0 Å². The zero-order chi connectivity index (χ0) is 77.1. The summed E-state index contributed by atoms with van der Waals surface area (Å²) in [5.41, 5.74) is 0. The van der Waals surface area contributed by atoms with Crippen molar-refractivity contribution in [3.63, 3.8) is 0 Å². The first-order valence-electron chi connectivity index (χ1n) is 44.5. The van der Waals surface area contributed by atoms with Gasteiger partial charge in [0.1, 0.15) is 19.3 Å². The number of aliphatic hydroxyl groups is 1. The van der Waals surface area contributed by atoms with Gasteiger partial charge in [0.2, 0.25) is 0 Å². The summed E-state index contributed by atoms with van der Waals surface area (Å²) in [4.78, 5) is 73.2. The molecule has 0 fully saturated rings. The van der Waals surface area contributed by atoms with Crippen molar-refractivity contribution in [1.29, 1.82) is 0 Å². The lowest BCUT2D eigenvalue weighted by Gasteiger charge is -2.21. The van der Waals surface area contributed by atoms with Crippen LogP contribution in [0.4, 0.5) is 0 Å². The number of esters is 4. The van der Waals surface area contributed by atoms with Crippen LogP contribution in [0.2, 0.25) is 0 Å². The number of hydrogen-bond donors (Lipinski definition) is 3. The normalized spacial score (nSPS) is 14.1. The second-order valence-electron chi connectivity index (χ2n) is 31.6. The molecule has 0 aromatic rings. The van der Waals surface area contributed by atoms with E-state index >= 15 is 0 Å². The van der Waals surface area contributed by atoms with Crippen molar-refractivity contribution in [1.82, 2.24) is 0 Å². The van der Waals surface area contributed by atoms with E-state index in [-0.39, 0.29) is 25.7 Å².